The zero-order chi connectivity index (χ0) is 10.1. The average Bonchev–Trinajstić information content (AvgIpc) is 2.09. The summed E-state index contributed by atoms with van der Waals surface area (Å²) in [6, 6.07) is 6.85. The SMILES string of the molecule is Cc1ccc(C(C)(F)C#N)cc1C. The maximum absolute atomic E-state index is 13.5. The summed E-state index contributed by atoms with van der Waals surface area (Å²) >= 11 is 0. The van der Waals surface area contributed by atoms with E-state index in [0.717, 1.165) is 11.1 Å². The van der Waals surface area contributed by atoms with Gasteiger partial charge in [-0.2, -0.15) is 5.26 Å². The molecule has 1 aromatic carbocycles. The second kappa shape index (κ2) is 3.18. The van der Waals surface area contributed by atoms with Crippen LogP contribution in [-0.4, -0.2) is 0 Å². The van der Waals surface area contributed by atoms with Crippen LogP contribution >= 0.6 is 0 Å². The van der Waals surface area contributed by atoms with Gasteiger partial charge in [-0.05, 0) is 31.9 Å². The molecule has 0 saturated carbocycles. The first-order chi connectivity index (χ1) is 5.97. The van der Waals surface area contributed by atoms with Crippen molar-refractivity contribution >= 4 is 0 Å². The standard InChI is InChI=1S/C11H12FN/c1-8-4-5-10(6-9(8)2)11(3,12)7-13/h4-6H,1-3H3. The van der Waals surface area contributed by atoms with E-state index in [2.05, 4.69) is 0 Å². The van der Waals surface area contributed by atoms with Crippen molar-refractivity contribution in [3.05, 3.63) is 34.9 Å². The summed E-state index contributed by atoms with van der Waals surface area (Å²) in [4.78, 5) is 0. The highest BCUT2D eigenvalue weighted by atomic mass is 19.1. The molecule has 0 amide bonds. The summed E-state index contributed by atoms with van der Waals surface area (Å²) in [5.74, 6) is 0. The molecular weight excluding hydrogens is 165 g/mol. The van der Waals surface area contributed by atoms with Crippen molar-refractivity contribution in [1.29, 1.82) is 5.26 Å². The Hall–Kier alpha value is -1.36. The maximum atomic E-state index is 13.5. The molecule has 1 nitrogen and oxygen atoms in total. The summed E-state index contributed by atoms with van der Waals surface area (Å²) in [6.07, 6.45) is 0. The zero-order valence-corrected chi connectivity index (χ0v) is 8.06. The first kappa shape index (κ1) is 9.73. The molecule has 1 aromatic rings. The fraction of sp³-hybridized carbons (Fsp3) is 0.364. The Kier molecular flexibility index (Phi) is 2.38. The second-order valence-corrected chi connectivity index (χ2v) is 3.41. The van der Waals surface area contributed by atoms with E-state index in [1.54, 1.807) is 18.2 Å². The van der Waals surface area contributed by atoms with Gasteiger partial charge in [-0.3, -0.25) is 0 Å². The lowest BCUT2D eigenvalue weighted by Crippen LogP contribution is -2.11. The van der Waals surface area contributed by atoms with Gasteiger partial charge in [0.15, 0.2) is 0 Å². The Bertz CT molecular complexity index is 361. The summed E-state index contributed by atoms with van der Waals surface area (Å²) in [7, 11) is 0. The highest BCUT2D eigenvalue weighted by Crippen LogP contribution is 2.25. The molecule has 0 aliphatic carbocycles. The van der Waals surface area contributed by atoms with Gasteiger partial charge in [0, 0.05) is 5.56 Å². The third-order valence-electron chi connectivity index (χ3n) is 2.26. The first-order valence-electron chi connectivity index (χ1n) is 4.15. The third-order valence-corrected chi connectivity index (χ3v) is 2.26. The summed E-state index contributed by atoms with van der Waals surface area (Å²) in [5.41, 5.74) is 0.672. The highest BCUT2D eigenvalue weighted by Gasteiger charge is 2.25. The Balaban J connectivity index is 3.20. The largest absolute Gasteiger partial charge is 0.222 e. The summed E-state index contributed by atoms with van der Waals surface area (Å²) in [5, 5.41) is 8.58. The minimum atomic E-state index is -1.88. The molecule has 68 valence electrons. The topological polar surface area (TPSA) is 23.8 Å². The minimum Gasteiger partial charge on any atom is -0.222 e. The van der Waals surface area contributed by atoms with Crippen molar-refractivity contribution in [1.82, 2.24) is 0 Å². The van der Waals surface area contributed by atoms with Crippen LogP contribution in [0.1, 0.15) is 23.6 Å². The molecular formula is C11H12FN. The van der Waals surface area contributed by atoms with Crippen molar-refractivity contribution in [2.45, 2.75) is 26.4 Å². The number of rotatable bonds is 1. The lowest BCUT2D eigenvalue weighted by molar-refractivity contribution is 0.274. The molecule has 1 unspecified atom stereocenters. The van der Waals surface area contributed by atoms with E-state index in [9.17, 15) is 4.39 Å². The molecule has 0 heterocycles. The Morgan fingerprint density at radius 1 is 1.31 bits per heavy atom. The van der Waals surface area contributed by atoms with Crippen LogP contribution in [0.2, 0.25) is 0 Å². The highest BCUT2D eigenvalue weighted by molar-refractivity contribution is 5.35. The van der Waals surface area contributed by atoms with E-state index in [1.165, 1.54) is 6.92 Å². The molecule has 0 aliphatic heterocycles. The van der Waals surface area contributed by atoms with E-state index in [0.29, 0.717) is 5.56 Å². The van der Waals surface area contributed by atoms with Crippen LogP contribution in [0.4, 0.5) is 4.39 Å². The minimum absolute atomic E-state index is 0.429. The van der Waals surface area contributed by atoms with E-state index in [4.69, 9.17) is 5.26 Å². The Morgan fingerprint density at radius 2 is 1.92 bits per heavy atom. The number of hydrogen-bond donors (Lipinski definition) is 0. The van der Waals surface area contributed by atoms with Crippen LogP contribution in [0, 0.1) is 25.2 Å². The van der Waals surface area contributed by atoms with Gasteiger partial charge < -0.3 is 0 Å². The Labute approximate surface area is 77.8 Å². The first-order valence-corrected chi connectivity index (χ1v) is 4.15. The van der Waals surface area contributed by atoms with Gasteiger partial charge in [0.2, 0.25) is 5.67 Å². The number of alkyl halides is 1. The van der Waals surface area contributed by atoms with Crippen molar-refractivity contribution in [2.24, 2.45) is 0 Å². The quantitative estimate of drug-likeness (QED) is 0.646. The molecule has 1 atom stereocenters. The van der Waals surface area contributed by atoms with E-state index >= 15 is 0 Å². The number of nitriles is 1. The smallest absolute Gasteiger partial charge is 0.218 e. The molecule has 0 N–H and O–H groups in total. The molecule has 0 spiro atoms. The normalized spacial score (nSPS) is 14.7. The maximum Gasteiger partial charge on any atom is 0.218 e. The summed E-state index contributed by atoms with van der Waals surface area (Å²) < 4.78 is 13.5. The van der Waals surface area contributed by atoms with Crippen LogP contribution < -0.4 is 0 Å². The average molecular weight is 177 g/mol. The van der Waals surface area contributed by atoms with Crippen molar-refractivity contribution in [3.8, 4) is 6.07 Å². The fourth-order valence-corrected chi connectivity index (χ4v) is 1.10. The van der Waals surface area contributed by atoms with Crippen LogP contribution in [-0.2, 0) is 5.67 Å². The molecule has 0 aromatic heterocycles. The summed E-state index contributed by atoms with van der Waals surface area (Å²) in [6.45, 7) is 5.14. The van der Waals surface area contributed by atoms with Crippen LogP contribution in [0.3, 0.4) is 0 Å². The van der Waals surface area contributed by atoms with Crippen LogP contribution in [0.5, 0.6) is 0 Å². The molecule has 0 radical (unpaired) electrons. The number of nitrogens with zero attached hydrogens (tertiary/aromatic N) is 1. The van der Waals surface area contributed by atoms with E-state index in [-0.39, 0.29) is 0 Å². The molecule has 13 heavy (non-hydrogen) atoms. The molecule has 0 fully saturated rings. The zero-order valence-electron chi connectivity index (χ0n) is 8.06. The lowest BCUT2D eigenvalue weighted by Gasteiger charge is -2.12. The number of hydrogen-bond acceptors (Lipinski definition) is 1. The van der Waals surface area contributed by atoms with E-state index in [1.807, 2.05) is 19.9 Å². The third kappa shape index (κ3) is 1.86. The van der Waals surface area contributed by atoms with Gasteiger partial charge >= 0.3 is 0 Å². The van der Waals surface area contributed by atoms with Gasteiger partial charge in [-0.1, -0.05) is 18.2 Å². The van der Waals surface area contributed by atoms with Gasteiger partial charge in [-0.15, -0.1) is 0 Å². The van der Waals surface area contributed by atoms with Crippen molar-refractivity contribution in [2.75, 3.05) is 0 Å². The molecule has 1 rings (SSSR count). The van der Waals surface area contributed by atoms with Crippen molar-refractivity contribution < 1.29 is 4.39 Å². The molecule has 2 heteroatoms. The van der Waals surface area contributed by atoms with Gasteiger partial charge in [0.25, 0.3) is 0 Å². The molecule has 0 saturated heterocycles. The van der Waals surface area contributed by atoms with Crippen LogP contribution in [0.25, 0.3) is 0 Å². The van der Waals surface area contributed by atoms with Crippen molar-refractivity contribution in [3.63, 3.8) is 0 Å². The number of benzene rings is 1. The number of aryl methyl sites for hydroxylation is 2. The fourth-order valence-electron chi connectivity index (χ4n) is 1.10. The van der Waals surface area contributed by atoms with Gasteiger partial charge in [-0.25, -0.2) is 4.39 Å². The van der Waals surface area contributed by atoms with Crippen LogP contribution in [0.15, 0.2) is 18.2 Å². The molecule has 0 aliphatic rings. The molecule has 0 bridgehead atoms. The predicted octanol–water partition coefficient (Wildman–Crippen LogP) is 3.01. The van der Waals surface area contributed by atoms with Gasteiger partial charge in [0.1, 0.15) is 6.07 Å². The lowest BCUT2D eigenvalue weighted by atomic mass is 9.96. The number of halogens is 1. The van der Waals surface area contributed by atoms with E-state index < -0.39 is 5.67 Å². The monoisotopic (exact) mass is 177 g/mol. The Morgan fingerprint density at radius 3 is 2.38 bits per heavy atom. The predicted molar refractivity (Wildman–Crippen MR) is 50.0 cm³/mol. The second-order valence-electron chi connectivity index (χ2n) is 3.41. The van der Waals surface area contributed by atoms with Gasteiger partial charge in [0.05, 0.1) is 0 Å².